The average Bonchev–Trinajstić information content (AvgIpc) is 2.76. The van der Waals surface area contributed by atoms with E-state index in [0.29, 0.717) is 11.3 Å². The second kappa shape index (κ2) is 12.2. The predicted molar refractivity (Wildman–Crippen MR) is 113 cm³/mol. The quantitative estimate of drug-likeness (QED) is 0.418. The van der Waals surface area contributed by atoms with Gasteiger partial charge in [-0.2, -0.15) is 0 Å². The largest absolute Gasteiger partial charge is 0.496 e. The van der Waals surface area contributed by atoms with Crippen LogP contribution in [0.25, 0.3) is 0 Å². The minimum Gasteiger partial charge on any atom is -0.496 e. The number of carbonyl (C=O) groups excluding carboxylic acids is 3. The number of aliphatic hydroxyl groups excluding tert-OH is 1. The van der Waals surface area contributed by atoms with Crippen molar-refractivity contribution in [2.24, 2.45) is 5.73 Å². The Bertz CT molecular complexity index is 875. The molecule has 2 aromatic rings. The maximum atomic E-state index is 12.2. The molecule has 0 fully saturated rings. The number of amides is 3. The molecule has 0 saturated carbocycles. The van der Waals surface area contributed by atoms with Crippen molar-refractivity contribution in [1.29, 1.82) is 0 Å². The molecule has 31 heavy (non-hydrogen) atoms. The third kappa shape index (κ3) is 8.35. The lowest BCUT2D eigenvalue weighted by Gasteiger charge is -2.18. The van der Waals surface area contributed by atoms with Gasteiger partial charge in [0, 0.05) is 13.0 Å². The van der Waals surface area contributed by atoms with E-state index in [1.807, 2.05) is 30.3 Å². The minimum atomic E-state index is -1.16. The van der Waals surface area contributed by atoms with Gasteiger partial charge in [0.2, 0.25) is 11.8 Å². The molecule has 0 aliphatic heterocycles. The summed E-state index contributed by atoms with van der Waals surface area (Å²) >= 11 is 0. The number of nitrogens with two attached hydrogens (primary N) is 1. The van der Waals surface area contributed by atoms with Crippen LogP contribution in [0.15, 0.2) is 54.6 Å². The highest BCUT2D eigenvalue weighted by Crippen LogP contribution is 2.19. The lowest BCUT2D eigenvalue weighted by molar-refractivity contribution is -0.128. The zero-order chi connectivity index (χ0) is 22.6. The van der Waals surface area contributed by atoms with Gasteiger partial charge in [0.15, 0.2) is 0 Å². The molecule has 0 saturated heterocycles. The van der Waals surface area contributed by atoms with Gasteiger partial charge in [-0.3, -0.25) is 9.59 Å². The second-order valence-corrected chi connectivity index (χ2v) is 6.84. The average molecular weight is 429 g/mol. The van der Waals surface area contributed by atoms with Gasteiger partial charge in [-0.05, 0) is 17.2 Å². The highest BCUT2D eigenvalue weighted by atomic mass is 16.5. The first-order valence-corrected chi connectivity index (χ1v) is 9.72. The number of hydrogen-bond acceptors (Lipinski definition) is 6. The number of ether oxygens (including phenoxy) is 2. The van der Waals surface area contributed by atoms with E-state index >= 15 is 0 Å². The molecular weight excluding hydrogens is 402 g/mol. The van der Waals surface area contributed by atoms with Crippen molar-refractivity contribution in [3.63, 3.8) is 0 Å². The van der Waals surface area contributed by atoms with Crippen molar-refractivity contribution >= 4 is 17.9 Å². The Morgan fingerprint density at radius 1 is 1.06 bits per heavy atom. The van der Waals surface area contributed by atoms with Gasteiger partial charge in [0.05, 0.1) is 19.6 Å². The van der Waals surface area contributed by atoms with E-state index < -0.39 is 30.1 Å². The smallest absolute Gasteiger partial charge is 0.407 e. The molecule has 2 rings (SSSR count). The molecule has 0 heterocycles. The lowest BCUT2D eigenvalue weighted by atomic mass is 10.0. The Balaban J connectivity index is 1.77. The Morgan fingerprint density at radius 2 is 1.74 bits per heavy atom. The zero-order valence-corrected chi connectivity index (χ0v) is 17.2. The fraction of sp³-hybridized carbons (Fsp3) is 0.318. The first-order valence-electron chi connectivity index (χ1n) is 9.72. The first kappa shape index (κ1) is 23.7. The number of hydrogen-bond donors (Lipinski definition) is 4. The number of primary amides is 1. The molecule has 0 aliphatic rings. The van der Waals surface area contributed by atoms with Gasteiger partial charge in [-0.15, -0.1) is 0 Å². The maximum Gasteiger partial charge on any atom is 0.407 e. The van der Waals surface area contributed by atoms with E-state index in [-0.39, 0.29) is 26.0 Å². The van der Waals surface area contributed by atoms with Crippen LogP contribution in [-0.2, 0) is 27.4 Å². The number of methoxy groups -OCH3 is 1. The Hall–Kier alpha value is -3.59. The van der Waals surface area contributed by atoms with Gasteiger partial charge in [0.25, 0.3) is 0 Å². The van der Waals surface area contributed by atoms with E-state index in [0.717, 1.165) is 5.56 Å². The summed E-state index contributed by atoms with van der Waals surface area (Å²) in [5.41, 5.74) is 6.93. The van der Waals surface area contributed by atoms with Crippen LogP contribution in [-0.4, -0.2) is 48.8 Å². The third-order valence-electron chi connectivity index (χ3n) is 4.41. The predicted octanol–water partition coefficient (Wildman–Crippen LogP) is 0.885. The molecule has 0 aromatic heterocycles. The Kier molecular flexibility index (Phi) is 9.31. The number of benzene rings is 2. The molecule has 0 unspecified atom stereocenters. The van der Waals surface area contributed by atoms with E-state index in [1.54, 1.807) is 24.3 Å². The fourth-order valence-electron chi connectivity index (χ4n) is 2.83. The Labute approximate surface area is 180 Å². The molecule has 166 valence electrons. The van der Waals surface area contributed by atoms with Gasteiger partial charge < -0.3 is 30.9 Å². The number of nitrogens with one attached hydrogen (secondary N) is 2. The van der Waals surface area contributed by atoms with Gasteiger partial charge in [-0.1, -0.05) is 48.5 Å². The summed E-state index contributed by atoms with van der Waals surface area (Å²) in [6.07, 6.45) is -2.06. The van der Waals surface area contributed by atoms with Crippen LogP contribution >= 0.6 is 0 Å². The summed E-state index contributed by atoms with van der Waals surface area (Å²) < 4.78 is 10.3. The van der Waals surface area contributed by atoms with Crippen LogP contribution in [0.1, 0.15) is 17.5 Å². The summed E-state index contributed by atoms with van der Waals surface area (Å²) in [7, 11) is 1.50. The highest BCUT2D eigenvalue weighted by Gasteiger charge is 2.22. The number of rotatable bonds is 11. The Morgan fingerprint density at radius 3 is 2.42 bits per heavy atom. The van der Waals surface area contributed by atoms with Crippen molar-refractivity contribution in [3.05, 3.63) is 65.7 Å². The third-order valence-corrected chi connectivity index (χ3v) is 4.41. The minimum absolute atomic E-state index is 0.0898. The standard InChI is InChI=1S/C22H27N3O6/c1-30-19-10-6-5-9-16(19)11-18(21(23)28)25-20(27)12-17(26)13-24-22(29)31-14-15-7-3-2-4-8-15/h2-10,17-18,26H,11-14H2,1H3,(H2,23,28)(H,24,29)(H,25,27)/t17-,18+/m1/s1. The SMILES string of the molecule is COc1ccccc1C[C@H](NC(=O)C[C@@H](O)CNC(=O)OCc1ccccc1)C(N)=O. The molecule has 9 heteroatoms. The molecule has 2 atom stereocenters. The molecule has 9 nitrogen and oxygen atoms in total. The highest BCUT2D eigenvalue weighted by molar-refractivity contribution is 5.87. The van der Waals surface area contributed by atoms with Crippen LogP contribution in [0.2, 0.25) is 0 Å². The molecule has 0 radical (unpaired) electrons. The molecular formula is C22H27N3O6. The monoisotopic (exact) mass is 429 g/mol. The number of carbonyl (C=O) groups is 3. The van der Waals surface area contributed by atoms with E-state index in [1.165, 1.54) is 7.11 Å². The van der Waals surface area contributed by atoms with Crippen LogP contribution in [0, 0.1) is 0 Å². The number of aliphatic hydroxyl groups is 1. The molecule has 0 bridgehead atoms. The molecule has 0 aliphatic carbocycles. The first-order chi connectivity index (χ1) is 14.9. The second-order valence-electron chi connectivity index (χ2n) is 6.84. The van der Waals surface area contributed by atoms with Crippen molar-refractivity contribution in [1.82, 2.24) is 10.6 Å². The van der Waals surface area contributed by atoms with Crippen LogP contribution in [0.3, 0.4) is 0 Å². The molecule has 5 N–H and O–H groups in total. The van der Waals surface area contributed by atoms with Crippen molar-refractivity contribution in [2.45, 2.75) is 31.6 Å². The summed E-state index contributed by atoms with van der Waals surface area (Å²) in [4.78, 5) is 35.7. The summed E-state index contributed by atoms with van der Waals surface area (Å²) in [5, 5.41) is 14.9. The van der Waals surface area contributed by atoms with E-state index in [2.05, 4.69) is 10.6 Å². The van der Waals surface area contributed by atoms with Crippen LogP contribution < -0.4 is 21.1 Å². The molecule has 2 aromatic carbocycles. The van der Waals surface area contributed by atoms with Crippen LogP contribution in [0.5, 0.6) is 5.75 Å². The zero-order valence-electron chi connectivity index (χ0n) is 17.2. The van der Waals surface area contributed by atoms with Crippen molar-refractivity contribution in [2.75, 3.05) is 13.7 Å². The topological polar surface area (TPSA) is 140 Å². The molecule has 0 spiro atoms. The lowest BCUT2D eigenvalue weighted by Crippen LogP contribution is -2.47. The number of para-hydroxylation sites is 1. The van der Waals surface area contributed by atoms with Crippen LogP contribution in [0.4, 0.5) is 4.79 Å². The van der Waals surface area contributed by atoms with Gasteiger partial charge in [0.1, 0.15) is 18.4 Å². The van der Waals surface area contributed by atoms with E-state index in [9.17, 15) is 19.5 Å². The summed E-state index contributed by atoms with van der Waals surface area (Å²) in [6, 6.07) is 15.2. The normalized spacial score (nSPS) is 12.3. The molecule has 3 amide bonds. The maximum absolute atomic E-state index is 12.2. The van der Waals surface area contributed by atoms with Gasteiger partial charge in [-0.25, -0.2) is 4.79 Å². The van der Waals surface area contributed by atoms with Crippen molar-refractivity contribution in [3.8, 4) is 5.75 Å². The summed E-state index contributed by atoms with van der Waals surface area (Å²) in [5.74, 6) is -0.719. The van der Waals surface area contributed by atoms with Crippen molar-refractivity contribution < 1.29 is 29.0 Å². The number of alkyl carbamates (subject to hydrolysis) is 1. The fourth-order valence-corrected chi connectivity index (χ4v) is 2.83. The van der Waals surface area contributed by atoms with Gasteiger partial charge >= 0.3 is 6.09 Å². The van der Waals surface area contributed by atoms with E-state index in [4.69, 9.17) is 15.2 Å². The summed E-state index contributed by atoms with van der Waals surface area (Å²) in [6.45, 7) is -0.0959.